The zero-order valence-electron chi connectivity index (χ0n) is 7.61. The first-order valence-corrected chi connectivity index (χ1v) is 3.93. The van der Waals surface area contributed by atoms with Gasteiger partial charge in [-0.3, -0.25) is 5.32 Å². The van der Waals surface area contributed by atoms with Crippen molar-refractivity contribution in [1.29, 1.82) is 0 Å². The summed E-state index contributed by atoms with van der Waals surface area (Å²) in [5.74, 6) is 2.65. The highest BCUT2D eigenvalue weighted by Gasteiger charge is 2.10. The predicted octanol–water partition coefficient (Wildman–Crippen LogP) is 1.02. The molecular formula is C9H17NO. The third-order valence-electron chi connectivity index (χ3n) is 1.38. The van der Waals surface area contributed by atoms with Crippen LogP contribution in [-0.2, 0) is 4.74 Å². The van der Waals surface area contributed by atoms with Gasteiger partial charge in [0.15, 0.2) is 0 Å². The highest BCUT2D eigenvalue weighted by Crippen LogP contribution is 1.96. The number of nitrogens with one attached hydrogen (secondary N) is 1. The fraction of sp³-hybridized carbons (Fsp3) is 0.778. The summed E-state index contributed by atoms with van der Waals surface area (Å²) in [6, 6.07) is 0. The lowest BCUT2D eigenvalue weighted by atomic mass is 10.1. The van der Waals surface area contributed by atoms with Crippen molar-refractivity contribution in [3.63, 3.8) is 0 Å². The minimum absolute atomic E-state index is 0.211. The molecule has 0 aromatic rings. The van der Waals surface area contributed by atoms with Crippen molar-refractivity contribution in [1.82, 2.24) is 5.32 Å². The molecule has 0 unspecified atom stereocenters. The second-order valence-corrected chi connectivity index (χ2v) is 2.89. The van der Waals surface area contributed by atoms with Crippen LogP contribution in [0.4, 0.5) is 0 Å². The molecule has 0 aromatic heterocycles. The third-order valence-corrected chi connectivity index (χ3v) is 1.38. The smallest absolute Gasteiger partial charge is 0.0742 e. The van der Waals surface area contributed by atoms with Crippen LogP contribution in [0.3, 0.4) is 0 Å². The standard InChI is InChI=1S/C9H17NO/c1-5-9(3,4)10-7-8-11-6-2/h1,10H,6-8H2,2-4H3. The van der Waals surface area contributed by atoms with Crippen LogP contribution in [0.25, 0.3) is 0 Å². The molecule has 0 fully saturated rings. The molecule has 1 N–H and O–H groups in total. The lowest BCUT2D eigenvalue weighted by molar-refractivity contribution is 0.145. The van der Waals surface area contributed by atoms with E-state index in [1.54, 1.807) is 0 Å². The van der Waals surface area contributed by atoms with E-state index in [-0.39, 0.29) is 5.54 Å². The SMILES string of the molecule is C#CC(C)(C)NCCOCC. The normalized spacial score (nSPS) is 11.1. The molecule has 0 aliphatic carbocycles. The zero-order valence-corrected chi connectivity index (χ0v) is 7.61. The van der Waals surface area contributed by atoms with Crippen molar-refractivity contribution in [3.05, 3.63) is 0 Å². The molecule has 2 heteroatoms. The van der Waals surface area contributed by atoms with Gasteiger partial charge in [0.25, 0.3) is 0 Å². The van der Waals surface area contributed by atoms with Crippen molar-refractivity contribution in [3.8, 4) is 12.3 Å². The van der Waals surface area contributed by atoms with Gasteiger partial charge in [-0.1, -0.05) is 5.92 Å². The summed E-state index contributed by atoms with van der Waals surface area (Å²) in [6.45, 7) is 8.22. The van der Waals surface area contributed by atoms with E-state index >= 15 is 0 Å². The van der Waals surface area contributed by atoms with Crippen LogP contribution in [0.15, 0.2) is 0 Å². The maximum absolute atomic E-state index is 5.27. The van der Waals surface area contributed by atoms with Crippen LogP contribution in [0.2, 0.25) is 0 Å². The minimum Gasteiger partial charge on any atom is -0.380 e. The molecule has 0 saturated heterocycles. The van der Waals surface area contributed by atoms with Gasteiger partial charge >= 0.3 is 0 Å². The molecule has 64 valence electrons. The second kappa shape index (κ2) is 5.17. The Morgan fingerprint density at radius 2 is 2.18 bits per heavy atom. The molecule has 0 aromatic carbocycles. The summed E-state index contributed by atoms with van der Waals surface area (Å²) in [7, 11) is 0. The molecule has 0 aliphatic heterocycles. The van der Waals surface area contributed by atoms with Gasteiger partial charge < -0.3 is 4.74 Å². The van der Waals surface area contributed by atoms with Gasteiger partial charge in [-0.05, 0) is 20.8 Å². The molecular weight excluding hydrogens is 138 g/mol. The van der Waals surface area contributed by atoms with E-state index in [4.69, 9.17) is 11.2 Å². The maximum atomic E-state index is 5.27. The summed E-state index contributed by atoms with van der Waals surface area (Å²) < 4.78 is 5.14. The number of hydrogen-bond donors (Lipinski definition) is 1. The van der Waals surface area contributed by atoms with Crippen LogP contribution in [-0.4, -0.2) is 25.3 Å². The Labute approximate surface area is 69.3 Å². The van der Waals surface area contributed by atoms with Crippen LogP contribution in [0, 0.1) is 12.3 Å². The summed E-state index contributed by atoms with van der Waals surface area (Å²) in [4.78, 5) is 0. The maximum Gasteiger partial charge on any atom is 0.0742 e. The van der Waals surface area contributed by atoms with Gasteiger partial charge in [0, 0.05) is 13.2 Å². The Morgan fingerprint density at radius 1 is 1.55 bits per heavy atom. The molecule has 11 heavy (non-hydrogen) atoms. The summed E-state index contributed by atoms with van der Waals surface area (Å²) in [6.07, 6.45) is 5.27. The number of ether oxygens (including phenoxy) is 1. The van der Waals surface area contributed by atoms with E-state index in [9.17, 15) is 0 Å². The average Bonchev–Trinajstić information content (AvgIpc) is 1.99. The van der Waals surface area contributed by atoms with Gasteiger partial charge in [-0.25, -0.2) is 0 Å². The molecule has 0 saturated carbocycles. The van der Waals surface area contributed by atoms with Crippen LogP contribution in [0.1, 0.15) is 20.8 Å². The highest BCUT2D eigenvalue weighted by atomic mass is 16.5. The Kier molecular flexibility index (Phi) is 4.93. The Hall–Kier alpha value is -0.520. The summed E-state index contributed by atoms with van der Waals surface area (Å²) >= 11 is 0. The molecule has 0 amide bonds. The largest absolute Gasteiger partial charge is 0.380 e. The Balaban J connectivity index is 3.32. The van der Waals surface area contributed by atoms with Gasteiger partial charge in [0.1, 0.15) is 0 Å². The van der Waals surface area contributed by atoms with E-state index in [1.807, 2.05) is 20.8 Å². The number of terminal acetylenes is 1. The van der Waals surface area contributed by atoms with E-state index in [2.05, 4.69) is 11.2 Å². The molecule has 0 aliphatic rings. The van der Waals surface area contributed by atoms with Crippen molar-refractivity contribution in [2.24, 2.45) is 0 Å². The molecule has 0 rings (SSSR count). The zero-order chi connectivity index (χ0) is 8.74. The lowest BCUT2D eigenvalue weighted by Gasteiger charge is -2.19. The van der Waals surface area contributed by atoms with Crippen molar-refractivity contribution in [2.45, 2.75) is 26.3 Å². The number of rotatable bonds is 5. The number of hydrogen-bond acceptors (Lipinski definition) is 2. The van der Waals surface area contributed by atoms with E-state index < -0.39 is 0 Å². The molecule has 0 spiro atoms. The topological polar surface area (TPSA) is 21.3 Å². The molecule has 0 atom stereocenters. The van der Waals surface area contributed by atoms with Gasteiger partial charge in [0.2, 0.25) is 0 Å². The van der Waals surface area contributed by atoms with Gasteiger partial charge in [-0.2, -0.15) is 0 Å². The monoisotopic (exact) mass is 155 g/mol. The minimum atomic E-state index is -0.211. The summed E-state index contributed by atoms with van der Waals surface area (Å²) in [5.41, 5.74) is -0.211. The molecule has 0 heterocycles. The summed E-state index contributed by atoms with van der Waals surface area (Å²) in [5, 5.41) is 3.18. The van der Waals surface area contributed by atoms with Crippen molar-refractivity contribution >= 4 is 0 Å². The van der Waals surface area contributed by atoms with Gasteiger partial charge in [0.05, 0.1) is 12.1 Å². The van der Waals surface area contributed by atoms with Crippen LogP contribution < -0.4 is 5.32 Å². The third kappa shape index (κ3) is 5.90. The average molecular weight is 155 g/mol. The molecule has 0 bridgehead atoms. The first kappa shape index (κ1) is 10.5. The van der Waals surface area contributed by atoms with E-state index in [0.717, 1.165) is 19.8 Å². The van der Waals surface area contributed by atoms with E-state index in [1.165, 1.54) is 0 Å². The lowest BCUT2D eigenvalue weighted by Crippen LogP contribution is -2.39. The van der Waals surface area contributed by atoms with Crippen molar-refractivity contribution < 1.29 is 4.74 Å². The quantitative estimate of drug-likeness (QED) is 0.473. The van der Waals surface area contributed by atoms with Crippen LogP contribution in [0.5, 0.6) is 0 Å². The fourth-order valence-corrected chi connectivity index (χ4v) is 0.631. The molecule has 2 nitrogen and oxygen atoms in total. The van der Waals surface area contributed by atoms with Gasteiger partial charge in [-0.15, -0.1) is 6.42 Å². The fourth-order valence-electron chi connectivity index (χ4n) is 0.631. The second-order valence-electron chi connectivity index (χ2n) is 2.89. The molecule has 0 radical (unpaired) electrons. The first-order chi connectivity index (χ1) is 5.12. The van der Waals surface area contributed by atoms with Crippen molar-refractivity contribution in [2.75, 3.05) is 19.8 Å². The van der Waals surface area contributed by atoms with E-state index in [0.29, 0.717) is 0 Å². The Morgan fingerprint density at radius 3 is 2.64 bits per heavy atom. The highest BCUT2D eigenvalue weighted by molar-refractivity contribution is 5.07. The first-order valence-electron chi connectivity index (χ1n) is 3.93. The Bertz CT molecular complexity index is 135. The predicted molar refractivity (Wildman–Crippen MR) is 47.4 cm³/mol. The van der Waals surface area contributed by atoms with Crippen LogP contribution >= 0.6 is 0 Å².